The Kier molecular flexibility index (Phi) is 9.34. The minimum atomic E-state index is -3.97. The molecular weight excluding hydrogens is 572 g/mol. The van der Waals surface area contributed by atoms with Crippen LogP contribution < -0.4 is 10.0 Å². The molecule has 4 aliphatic rings. The summed E-state index contributed by atoms with van der Waals surface area (Å²) in [5.41, 5.74) is 1.04. The first-order valence-electron chi connectivity index (χ1n) is 17.3. The van der Waals surface area contributed by atoms with E-state index < -0.39 is 16.1 Å². The van der Waals surface area contributed by atoms with Gasteiger partial charge in [-0.1, -0.05) is 67.0 Å². The van der Waals surface area contributed by atoms with Gasteiger partial charge in [0.25, 0.3) is 10.0 Å². The minimum absolute atomic E-state index is 0.0914. The van der Waals surface area contributed by atoms with E-state index >= 15 is 0 Å². The molecule has 0 unspecified atom stereocenters. The van der Waals surface area contributed by atoms with Crippen LogP contribution in [-0.2, 0) is 15.4 Å². The largest absolute Gasteiger partial charge is 0.393 e. The van der Waals surface area contributed by atoms with Gasteiger partial charge in [-0.3, -0.25) is 0 Å². The molecule has 1 aromatic carbocycles. The molecule has 2 amide bonds. The lowest BCUT2D eigenvalue weighted by Gasteiger charge is -2.64. The van der Waals surface area contributed by atoms with Gasteiger partial charge in [-0.05, 0) is 127 Å². The van der Waals surface area contributed by atoms with Crippen molar-refractivity contribution in [3.63, 3.8) is 0 Å². The summed E-state index contributed by atoms with van der Waals surface area (Å²) in [7, 11) is -3.97. The number of carbonyl (C=O) groups excluding carboxylic acids is 1. The standard InChI is InChI=1S/C36H58N2O5S/c1-8-26-30-21-24(39)14-17-36(30,7)29-15-18-35(6)27(12-13-28(35)31(29)32(26)40)22(2)16-19-37-33(41)38-44(42,43)25-11-9-10-23(20-25)34(3,4)5/h9-11,20,22,24,26-32,39-40H,8,12-19,21H2,1-7H3,(H2,37,38,41)/t22-,24-,26-,27-,28+,29+,30+,31+,32-,35-,36-/m1/s1. The Morgan fingerprint density at radius 3 is 2.39 bits per heavy atom. The number of carbonyl (C=O) groups is 1. The van der Waals surface area contributed by atoms with E-state index in [2.05, 4.69) is 37.7 Å². The maximum Gasteiger partial charge on any atom is 0.328 e. The third-order valence-electron chi connectivity index (χ3n) is 13.3. The molecular formula is C36H58N2O5S. The highest BCUT2D eigenvalue weighted by molar-refractivity contribution is 7.90. The second-order valence-electron chi connectivity index (χ2n) is 16.5. The lowest BCUT2D eigenvalue weighted by molar-refractivity contribution is -0.203. The zero-order valence-electron chi connectivity index (χ0n) is 28.1. The van der Waals surface area contributed by atoms with Crippen molar-refractivity contribution in [2.45, 2.75) is 129 Å². The highest BCUT2D eigenvalue weighted by atomic mass is 32.2. The summed E-state index contributed by atoms with van der Waals surface area (Å²) in [6, 6.07) is 6.07. The van der Waals surface area contributed by atoms with Crippen LogP contribution in [0.2, 0.25) is 0 Å². The van der Waals surface area contributed by atoms with Gasteiger partial charge in [-0.2, -0.15) is 0 Å². The smallest absolute Gasteiger partial charge is 0.328 e. The molecule has 11 atom stereocenters. The molecule has 4 N–H and O–H groups in total. The van der Waals surface area contributed by atoms with Gasteiger partial charge in [0, 0.05) is 6.54 Å². The number of urea groups is 1. The summed E-state index contributed by atoms with van der Waals surface area (Å²) in [4.78, 5) is 12.8. The zero-order chi connectivity index (χ0) is 32.2. The molecule has 0 aromatic heterocycles. The van der Waals surface area contributed by atoms with Crippen molar-refractivity contribution in [1.29, 1.82) is 0 Å². The Hall–Kier alpha value is -1.64. The number of rotatable bonds is 7. The summed E-state index contributed by atoms with van der Waals surface area (Å²) < 4.78 is 28.1. The maximum absolute atomic E-state index is 12.9. The van der Waals surface area contributed by atoms with Gasteiger partial charge in [0.1, 0.15) is 0 Å². The van der Waals surface area contributed by atoms with E-state index in [4.69, 9.17) is 0 Å². The second kappa shape index (κ2) is 12.2. The first kappa shape index (κ1) is 33.7. The Bertz CT molecular complexity index is 1310. The van der Waals surface area contributed by atoms with Crippen LogP contribution in [0.15, 0.2) is 29.2 Å². The Labute approximate surface area is 266 Å². The number of hydrogen-bond acceptors (Lipinski definition) is 5. The second-order valence-corrected chi connectivity index (χ2v) is 18.2. The quantitative estimate of drug-likeness (QED) is 0.270. The van der Waals surface area contributed by atoms with E-state index in [1.54, 1.807) is 12.1 Å². The van der Waals surface area contributed by atoms with Crippen molar-refractivity contribution >= 4 is 16.1 Å². The van der Waals surface area contributed by atoms with Crippen molar-refractivity contribution < 1.29 is 23.4 Å². The molecule has 0 aliphatic heterocycles. The number of hydrogen-bond donors (Lipinski definition) is 4. The number of fused-ring (bicyclic) bond motifs is 5. The fraction of sp³-hybridized carbons (Fsp3) is 0.806. The van der Waals surface area contributed by atoms with E-state index in [9.17, 15) is 23.4 Å². The normalized spacial score (nSPS) is 39.5. The van der Waals surface area contributed by atoms with Gasteiger partial charge < -0.3 is 15.5 Å². The summed E-state index contributed by atoms with van der Waals surface area (Å²) in [6.45, 7) is 15.9. The Morgan fingerprint density at radius 2 is 1.70 bits per heavy atom. The highest BCUT2D eigenvalue weighted by Crippen LogP contribution is 2.69. The number of aliphatic hydroxyl groups excluding tert-OH is 2. The average molecular weight is 631 g/mol. The maximum atomic E-state index is 12.9. The molecule has 44 heavy (non-hydrogen) atoms. The predicted molar refractivity (Wildman–Crippen MR) is 174 cm³/mol. The number of nitrogens with one attached hydrogen (secondary N) is 2. The van der Waals surface area contributed by atoms with Crippen LogP contribution in [0.1, 0.15) is 112 Å². The molecule has 0 heterocycles. The van der Waals surface area contributed by atoms with Crippen LogP contribution in [0.4, 0.5) is 4.79 Å². The molecule has 248 valence electrons. The Balaban J connectivity index is 1.21. The van der Waals surface area contributed by atoms with Crippen LogP contribution in [0.25, 0.3) is 0 Å². The SMILES string of the molecule is CC[C@H]1[C@@H](O)[C@@H]2[C@H](CC[C@]3(C)[C@@H]([C@H](C)CCNC(=O)NS(=O)(=O)c4cccc(C(C)(C)C)c4)CC[C@@H]23)[C@@]2(C)CC[C@@H](O)C[C@@H]12. The van der Waals surface area contributed by atoms with Crippen LogP contribution in [0.5, 0.6) is 0 Å². The highest BCUT2D eigenvalue weighted by Gasteiger charge is 2.64. The average Bonchev–Trinajstić information content (AvgIpc) is 3.30. The van der Waals surface area contributed by atoms with Crippen molar-refractivity contribution in [3.05, 3.63) is 29.8 Å². The van der Waals surface area contributed by atoms with Crippen molar-refractivity contribution in [2.75, 3.05) is 6.54 Å². The molecule has 0 bridgehead atoms. The van der Waals surface area contributed by atoms with Gasteiger partial charge in [0.15, 0.2) is 0 Å². The molecule has 0 spiro atoms. The van der Waals surface area contributed by atoms with Crippen molar-refractivity contribution in [1.82, 2.24) is 10.0 Å². The summed E-state index contributed by atoms with van der Waals surface area (Å²) >= 11 is 0. The molecule has 7 nitrogen and oxygen atoms in total. The molecule has 0 saturated heterocycles. The van der Waals surface area contributed by atoms with Crippen LogP contribution in [0.3, 0.4) is 0 Å². The molecule has 4 aliphatic carbocycles. The van der Waals surface area contributed by atoms with E-state index in [0.717, 1.165) is 56.9 Å². The first-order valence-corrected chi connectivity index (χ1v) is 18.8. The first-order chi connectivity index (χ1) is 20.5. The minimum Gasteiger partial charge on any atom is -0.393 e. The summed E-state index contributed by atoms with van der Waals surface area (Å²) in [6.07, 6.45) is 8.60. The predicted octanol–water partition coefficient (Wildman–Crippen LogP) is 6.62. The van der Waals surface area contributed by atoms with E-state index in [-0.39, 0.29) is 39.3 Å². The van der Waals surface area contributed by atoms with Crippen molar-refractivity contribution in [3.8, 4) is 0 Å². The fourth-order valence-electron chi connectivity index (χ4n) is 10.9. The number of sulfonamides is 1. The van der Waals surface area contributed by atoms with Crippen molar-refractivity contribution in [2.24, 2.45) is 52.3 Å². The zero-order valence-corrected chi connectivity index (χ0v) is 28.9. The topological polar surface area (TPSA) is 116 Å². The third kappa shape index (κ3) is 5.97. The van der Waals surface area contributed by atoms with Gasteiger partial charge in [-0.25, -0.2) is 17.9 Å². The fourth-order valence-corrected chi connectivity index (χ4v) is 11.9. The van der Waals surface area contributed by atoms with Gasteiger partial charge in [-0.15, -0.1) is 0 Å². The molecule has 4 saturated carbocycles. The lowest BCUT2D eigenvalue weighted by atomic mass is 9.41. The molecule has 4 fully saturated rings. The van der Waals surface area contributed by atoms with Crippen LogP contribution >= 0.6 is 0 Å². The molecule has 0 radical (unpaired) electrons. The third-order valence-corrected chi connectivity index (χ3v) is 14.6. The lowest BCUT2D eigenvalue weighted by Crippen LogP contribution is -2.62. The van der Waals surface area contributed by atoms with Gasteiger partial charge >= 0.3 is 6.03 Å². The monoisotopic (exact) mass is 630 g/mol. The molecule has 1 aromatic rings. The van der Waals surface area contributed by atoms with Crippen LogP contribution in [-0.4, -0.2) is 43.4 Å². The van der Waals surface area contributed by atoms with E-state index in [1.165, 1.54) is 12.5 Å². The number of aliphatic hydroxyl groups is 2. The van der Waals surface area contributed by atoms with Crippen LogP contribution in [0, 0.1) is 52.3 Å². The Morgan fingerprint density at radius 1 is 1.02 bits per heavy atom. The van der Waals surface area contributed by atoms with Gasteiger partial charge in [0.2, 0.25) is 0 Å². The summed E-state index contributed by atoms with van der Waals surface area (Å²) in [5.74, 6) is 2.86. The summed E-state index contributed by atoms with van der Waals surface area (Å²) in [5, 5.41) is 25.3. The molecule has 5 rings (SSSR count). The van der Waals surface area contributed by atoms with E-state index in [0.29, 0.717) is 42.1 Å². The van der Waals surface area contributed by atoms with E-state index in [1.807, 2.05) is 26.8 Å². The number of amides is 2. The van der Waals surface area contributed by atoms with Gasteiger partial charge in [0.05, 0.1) is 17.1 Å². The number of benzene rings is 1. The molecule has 8 heteroatoms.